The number of benzene rings is 1. The minimum absolute atomic E-state index is 0. The van der Waals surface area contributed by atoms with Crippen molar-refractivity contribution >= 4 is 24.2 Å². The van der Waals surface area contributed by atoms with E-state index in [2.05, 4.69) is 20.4 Å². The van der Waals surface area contributed by atoms with Crippen LogP contribution in [0, 0.1) is 0 Å². The molecule has 0 bridgehead atoms. The van der Waals surface area contributed by atoms with E-state index in [0.29, 0.717) is 41.6 Å². The highest BCUT2D eigenvalue weighted by atomic mass is 35.5. The van der Waals surface area contributed by atoms with Crippen molar-refractivity contribution in [3.8, 4) is 11.5 Å². The minimum Gasteiger partial charge on any atom is -0.376 e. The van der Waals surface area contributed by atoms with E-state index >= 15 is 0 Å². The van der Waals surface area contributed by atoms with Crippen LogP contribution in [0.5, 0.6) is 0 Å². The maximum absolute atomic E-state index is 12.8. The lowest BCUT2D eigenvalue weighted by atomic mass is 10.1. The van der Waals surface area contributed by atoms with Gasteiger partial charge in [-0.1, -0.05) is 5.16 Å². The average molecular weight is 434 g/mol. The Labute approximate surface area is 180 Å². The Morgan fingerprint density at radius 3 is 2.83 bits per heavy atom. The summed E-state index contributed by atoms with van der Waals surface area (Å²) in [5, 5.41) is 7.46. The smallest absolute Gasteiger partial charge is 0.261 e. The molecule has 0 radical (unpaired) electrons. The topological polar surface area (TPSA) is 101 Å². The van der Waals surface area contributed by atoms with Crippen molar-refractivity contribution in [2.75, 3.05) is 39.8 Å². The van der Waals surface area contributed by atoms with Gasteiger partial charge in [0.1, 0.15) is 0 Å². The highest BCUT2D eigenvalue weighted by Gasteiger charge is 2.38. The molecule has 2 amide bonds. The number of carbonyl (C=O) groups is 2. The van der Waals surface area contributed by atoms with Crippen molar-refractivity contribution < 1.29 is 18.8 Å². The fraction of sp³-hybridized carbons (Fsp3) is 0.500. The first-order chi connectivity index (χ1) is 14.1. The monoisotopic (exact) mass is 433 g/mol. The van der Waals surface area contributed by atoms with Crippen molar-refractivity contribution in [3.05, 3.63) is 35.2 Å². The molecule has 1 N–H and O–H groups in total. The van der Waals surface area contributed by atoms with Gasteiger partial charge < -0.3 is 14.6 Å². The van der Waals surface area contributed by atoms with Crippen LogP contribution < -0.4 is 5.32 Å². The summed E-state index contributed by atoms with van der Waals surface area (Å²) >= 11 is 0. The van der Waals surface area contributed by atoms with Crippen LogP contribution in [0.2, 0.25) is 0 Å². The molecule has 2 fully saturated rings. The summed E-state index contributed by atoms with van der Waals surface area (Å²) in [7, 11) is 2.03. The summed E-state index contributed by atoms with van der Waals surface area (Å²) in [5.41, 5.74) is 1.42. The summed E-state index contributed by atoms with van der Waals surface area (Å²) in [4.78, 5) is 33.5. The molecule has 160 valence electrons. The maximum Gasteiger partial charge on any atom is 0.261 e. The maximum atomic E-state index is 12.8. The number of halogens is 1. The van der Waals surface area contributed by atoms with Crippen LogP contribution in [0.1, 0.15) is 45.4 Å². The standard InChI is InChI=1S/C20H23N5O4.ClH/c1-24-7-6-21-10-16(24)17-22-18(29-23-17)12-4-5-14-15(9-12)20(27)25(19(14)26)11-13-3-2-8-28-13;/h4-5,9,13,16,21H,2-3,6-8,10-11H2,1H3;1H. The Morgan fingerprint density at radius 2 is 2.07 bits per heavy atom. The molecule has 1 aromatic carbocycles. The van der Waals surface area contributed by atoms with Crippen LogP contribution in [0.15, 0.2) is 22.7 Å². The quantitative estimate of drug-likeness (QED) is 0.724. The van der Waals surface area contributed by atoms with Gasteiger partial charge in [0.25, 0.3) is 17.7 Å². The lowest BCUT2D eigenvalue weighted by Gasteiger charge is -2.30. The molecule has 0 aliphatic carbocycles. The fourth-order valence-corrected chi connectivity index (χ4v) is 4.16. The molecule has 2 atom stereocenters. The predicted octanol–water partition coefficient (Wildman–Crippen LogP) is 1.51. The number of piperazine rings is 1. The second-order valence-corrected chi connectivity index (χ2v) is 7.77. The second-order valence-electron chi connectivity index (χ2n) is 7.77. The number of fused-ring (bicyclic) bond motifs is 1. The van der Waals surface area contributed by atoms with Crippen molar-refractivity contribution in [1.82, 2.24) is 25.3 Å². The average Bonchev–Trinajstić information content (AvgIpc) is 3.47. The molecular weight excluding hydrogens is 410 g/mol. The zero-order valence-electron chi connectivity index (χ0n) is 16.7. The predicted molar refractivity (Wildman–Crippen MR) is 110 cm³/mol. The molecule has 3 aliphatic rings. The number of rotatable bonds is 4. The lowest BCUT2D eigenvalue weighted by molar-refractivity contribution is 0.0475. The minimum atomic E-state index is -0.293. The molecule has 0 spiro atoms. The normalized spacial score (nSPS) is 24.2. The van der Waals surface area contributed by atoms with E-state index < -0.39 is 0 Å². The molecule has 2 saturated heterocycles. The van der Waals surface area contributed by atoms with Gasteiger partial charge >= 0.3 is 0 Å². The van der Waals surface area contributed by atoms with E-state index in [1.807, 2.05) is 7.05 Å². The first-order valence-electron chi connectivity index (χ1n) is 9.98. The van der Waals surface area contributed by atoms with Gasteiger partial charge in [-0.05, 0) is 38.1 Å². The van der Waals surface area contributed by atoms with Crippen LogP contribution in [0.4, 0.5) is 0 Å². The number of likely N-dealkylation sites (N-methyl/N-ethyl adjacent to an activating group) is 1. The molecule has 1 aromatic heterocycles. The Balaban J connectivity index is 0.00000218. The molecule has 3 aliphatic heterocycles. The highest BCUT2D eigenvalue weighted by Crippen LogP contribution is 2.30. The van der Waals surface area contributed by atoms with E-state index in [1.165, 1.54) is 4.90 Å². The van der Waals surface area contributed by atoms with E-state index in [9.17, 15) is 9.59 Å². The SMILES string of the molecule is CN1CCNCC1c1noc(-c2ccc3c(c2)C(=O)N(CC2CCCO2)C3=O)n1.Cl. The van der Waals surface area contributed by atoms with Crippen LogP contribution in [-0.2, 0) is 4.74 Å². The largest absolute Gasteiger partial charge is 0.376 e. The number of nitrogens with zero attached hydrogens (tertiary/aromatic N) is 4. The van der Waals surface area contributed by atoms with Gasteiger partial charge in [-0.3, -0.25) is 19.4 Å². The molecule has 30 heavy (non-hydrogen) atoms. The summed E-state index contributed by atoms with van der Waals surface area (Å²) < 4.78 is 11.0. The summed E-state index contributed by atoms with van der Waals surface area (Å²) in [6.45, 7) is 3.58. The molecule has 2 aromatic rings. The van der Waals surface area contributed by atoms with E-state index in [4.69, 9.17) is 9.26 Å². The summed E-state index contributed by atoms with van der Waals surface area (Å²) in [6.07, 6.45) is 1.76. The van der Waals surface area contributed by atoms with Crippen LogP contribution in [-0.4, -0.2) is 77.7 Å². The number of ether oxygens (including phenoxy) is 1. The van der Waals surface area contributed by atoms with Gasteiger partial charge in [0.15, 0.2) is 5.82 Å². The number of imide groups is 1. The molecule has 5 rings (SSSR count). The van der Waals surface area contributed by atoms with Crippen molar-refractivity contribution in [1.29, 1.82) is 0 Å². The number of nitrogens with one attached hydrogen (secondary N) is 1. The van der Waals surface area contributed by atoms with Gasteiger partial charge in [0, 0.05) is 31.8 Å². The van der Waals surface area contributed by atoms with Crippen molar-refractivity contribution in [2.45, 2.75) is 25.0 Å². The highest BCUT2D eigenvalue weighted by molar-refractivity contribution is 6.21. The number of hydrogen-bond donors (Lipinski definition) is 1. The summed E-state index contributed by atoms with van der Waals surface area (Å²) in [6, 6.07) is 5.13. The molecule has 2 unspecified atom stereocenters. The molecule has 9 nitrogen and oxygen atoms in total. The Hall–Kier alpha value is -2.33. The zero-order chi connectivity index (χ0) is 20.0. The third-order valence-electron chi connectivity index (χ3n) is 5.88. The van der Waals surface area contributed by atoms with Gasteiger partial charge in [0.2, 0.25) is 0 Å². The third kappa shape index (κ3) is 3.62. The van der Waals surface area contributed by atoms with Crippen molar-refractivity contribution in [2.24, 2.45) is 0 Å². The van der Waals surface area contributed by atoms with Crippen LogP contribution in [0.25, 0.3) is 11.5 Å². The molecule has 0 saturated carbocycles. The van der Waals surface area contributed by atoms with Crippen molar-refractivity contribution in [3.63, 3.8) is 0 Å². The van der Waals surface area contributed by atoms with Gasteiger partial charge in [-0.2, -0.15) is 4.98 Å². The third-order valence-corrected chi connectivity index (χ3v) is 5.88. The van der Waals surface area contributed by atoms with E-state index in [0.717, 1.165) is 32.5 Å². The molecule has 4 heterocycles. The lowest BCUT2D eigenvalue weighted by Crippen LogP contribution is -2.44. The van der Waals surface area contributed by atoms with Crippen LogP contribution in [0.3, 0.4) is 0 Å². The van der Waals surface area contributed by atoms with Crippen LogP contribution >= 0.6 is 12.4 Å². The van der Waals surface area contributed by atoms with Gasteiger partial charge in [0.05, 0.1) is 29.8 Å². The van der Waals surface area contributed by atoms with E-state index in [-0.39, 0.29) is 36.4 Å². The first kappa shape index (κ1) is 20.9. The zero-order valence-corrected chi connectivity index (χ0v) is 17.5. The molecular formula is C20H24ClN5O4. The number of amides is 2. The Kier molecular flexibility index (Phi) is 5.88. The Bertz CT molecular complexity index is 958. The van der Waals surface area contributed by atoms with Gasteiger partial charge in [-0.15, -0.1) is 12.4 Å². The number of aromatic nitrogens is 2. The second kappa shape index (κ2) is 8.43. The number of hydrogen-bond acceptors (Lipinski definition) is 8. The van der Waals surface area contributed by atoms with E-state index in [1.54, 1.807) is 18.2 Å². The number of carbonyl (C=O) groups excluding carboxylic acids is 2. The summed E-state index contributed by atoms with van der Waals surface area (Å²) in [5.74, 6) is 0.392. The first-order valence-corrected chi connectivity index (χ1v) is 9.98. The van der Waals surface area contributed by atoms with Gasteiger partial charge in [-0.25, -0.2) is 0 Å². The fourth-order valence-electron chi connectivity index (χ4n) is 4.16. The Morgan fingerprint density at radius 1 is 1.23 bits per heavy atom. The molecule has 10 heteroatoms.